The summed E-state index contributed by atoms with van der Waals surface area (Å²) in [5, 5.41) is 15.1. The summed E-state index contributed by atoms with van der Waals surface area (Å²) in [6, 6.07) is 6.06. The molecule has 0 aliphatic rings. The fourth-order valence-corrected chi connectivity index (χ4v) is 2.19. The molecule has 0 saturated heterocycles. The lowest BCUT2D eigenvalue weighted by molar-refractivity contribution is 0.619. The molecule has 2 aromatic rings. The largest absolute Gasteiger partial charge is 0.355 e. The Morgan fingerprint density at radius 3 is 2.78 bits per heavy atom. The molecular weight excluding hydrogens is 288 g/mol. The van der Waals surface area contributed by atoms with E-state index in [0.29, 0.717) is 5.96 Å². The molecule has 6 nitrogen and oxygen atoms in total. The van der Waals surface area contributed by atoms with Crippen LogP contribution in [0.25, 0.3) is 0 Å². The first-order chi connectivity index (χ1) is 11.1. The molecule has 2 rings (SSSR count). The van der Waals surface area contributed by atoms with Gasteiger partial charge in [-0.15, -0.1) is 4.99 Å². The third-order valence-electron chi connectivity index (χ3n) is 3.72. The maximum Gasteiger partial charge on any atom is 0.211 e. The van der Waals surface area contributed by atoms with E-state index in [1.54, 1.807) is 0 Å². The van der Waals surface area contributed by atoms with Gasteiger partial charge in [-0.25, -0.2) is 4.98 Å². The summed E-state index contributed by atoms with van der Waals surface area (Å²) in [5.74, 6) is 0.470. The van der Waals surface area contributed by atoms with Crippen LogP contribution >= 0.6 is 0 Å². The Morgan fingerprint density at radius 1 is 1.30 bits per heavy atom. The lowest BCUT2D eigenvalue weighted by Gasteiger charge is -2.12. The lowest BCUT2D eigenvalue weighted by Crippen LogP contribution is -2.31. The zero-order chi connectivity index (χ0) is 16.7. The van der Waals surface area contributed by atoms with E-state index >= 15 is 0 Å². The van der Waals surface area contributed by atoms with Crippen molar-refractivity contribution in [2.24, 2.45) is 4.99 Å². The first-order valence-electron chi connectivity index (χ1n) is 7.62. The molecule has 0 amide bonds. The molecule has 0 atom stereocenters. The van der Waals surface area contributed by atoms with Crippen molar-refractivity contribution in [2.45, 2.75) is 33.7 Å². The van der Waals surface area contributed by atoms with Gasteiger partial charge >= 0.3 is 0 Å². The summed E-state index contributed by atoms with van der Waals surface area (Å²) in [6.07, 6.45) is 6.41. The van der Waals surface area contributed by atoms with Crippen LogP contribution in [0.5, 0.6) is 0 Å². The maximum atomic E-state index is 8.83. The van der Waals surface area contributed by atoms with Crippen molar-refractivity contribution in [3.63, 3.8) is 0 Å². The third-order valence-corrected chi connectivity index (χ3v) is 3.72. The number of rotatable bonds is 5. The molecule has 0 bridgehead atoms. The Balaban J connectivity index is 1.87. The van der Waals surface area contributed by atoms with Crippen LogP contribution in [-0.2, 0) is 6.54 Å². The van der Waals surface area contributed by atoms with Gasteiger partial charge in [0.25, 0.3) is 0 Å². The molecule has 0 unspecified atom stereocenters. The molecule has 2 N–H and O–H groups in total. The van der Waals surface area contributed by atoms with E-state index in [9.17, 15) is 0 Å². The average Bonchev–Trinajstić information content (AvgIpc) is 2.93. The molecule has 0 saturated carbocycles. The van der Waals surface area contributed by atoms with Crippen molar-refractivity contribution in [1.82, 2.24) is 14.9 Å². The molecule has 6 heteroatoms. The van der Waals surface area contributed by atoms with Gasteiger partial charge in [-0.05, 0) is 50.5 Å². The van der Waals surface area contributed by atoms with Crippen LogP contribution in [0.4, 0.5) is 5.69 Å². The van der Waals surface area contributed by atoms with Crippen LogP contribution in [-0.4, -0.2) is 22.1 Å². The number of aryl methyl sites for hydroxylation is 4. The Bertz CT molecular complexity index is 723. The topological polar surface area (TPSA) is 78.0 Å². The fraction of sp³-hybridized carbons (Fsp3) is 0.353. The molecule has 1 aromatic carbocycles. The number of imidazole rings is 1. The smallest absolute Gasteiger partial charge is 0.211 e. The van der Waals surface area contributed by atoms with Gasteiger partial charge in [0.2, 0.25) is 12.2 Å². The van der Waals surface area contributed by atoms with Crippen LogP contribution in [0.3, 0.4) is 0 Å². The first-order valence-corrected chi connectivity index (χ1v) is 7.62. The van der Waals surface area contributed by atoms with Crippen LogP contribution in [0, 0.1) is 32.2 Å². The van der Waals surface area contributed by atoms with Gasteiger partial charge in [0.05, 0.1) is 6.33 Å². The van der Waals surface area contributed by atoms with Crippen LogP contribution in [0.2, 0.25) is 0 Å². The minimum atomic E-state index is 0.470. The normalized spacial score (nSPS) is 11.1. The number of hydrogen-bond acceptors (Lipinski definition) is 3. The highest BCUT2D eigenvalue weighted by atomic mass is 15.2. The molecule has 0 spiro atoms. The SMILES string of the molecule is Cc1ccc(N/C(=N\C#N)NCCCn2cncc2C)cc1C. The monoisotopic (exact) mass is 310 g/mol. The number of nitrogens with zero attached hydrogens (tertiary/aromatic N) is 4. The molecule has 1 heterocycles. The number of aliphatic imine (C=N–C) groups is 1. The Kier molecular flexibility index (Phi) is 5.75. The van der Waals surface area contributed by atoms with Gasteiger partial charge in [0, 0.05) is 30.7 Å². The molecule has 0 aliphatic heterocycles. The number of aromatic nitrogens is 2. The average molecular weight is 310 g/mol. The van der Waals surface area contributed by atoms with Crippen molar-refractivity contribution < 1.29 is 0 Å². The summed E-state index contributed by atoms with van der Waals surface area (Å²) >= 11 is 0. The van der Waals surface area contributed by atoms with Gasteiger partial charge in [0.1, 0.15) is 0 Å². The van der Waals surface area contributed by atoms with Crippen LogP contribution in [0.1, 0.15) is 23.2 Å². The van der Waals surface area contributed by atoms with Crippen molar-refractivity contribution >= 4 is 11.6 Å². The van der Waals surface area contributed by atoms with E-state index in [1.807, 2.05) is 43.8 Å². The Hall–Kier alpha value is -2.81. The molecular formula is C17H22N6. The van der Waals surface area contributed by atoms with Crippen molar-refractivity contribution in [3.05, 3.63) is 47.5 Å². The molecule has 0 fully saturated rings. The number of guanidine groups is 1. The second kappa shape index (κ2) is 7.99. The van der Waals surface area contributed by atoms with Crippen molar-refractivity contribution in [2.75, 3.05) is 11.9 Å². The quantitative estimate of drug-likeness (QED) is 0.385. The van der Waals surface area contributed by atoms with Crippen molar-refractivity contribution in [1.29, 1.82) is 5.26 Å². The first kappa shape index (κ1) is 16.6. The predicted molar refractivity (Wildman–Crippen MR) is 92.2 cm³/mol. The highest BCUT2D eigenvalue weighted by Crippen LogP contribution is 2.13. The molecule has 0 radical (unpaired) electrons. The Labute approximate surface area is 136 Å². The summed E-state index contributed by atoms with van der Waals surface area (Å²) in [4.78, 5) is 7.90. The zero-order valence-electron chi connectivity index (χ0n) is 13.8. The number of nitrogens with one attached hydrogen (secondary N) is 2. The number of hydrogen-bond donors (Lipinski definition) is 2. The fourth-order valence-electron chi connectivity index (χ4n) is 2.19. The predicted octanol–water partition coefficient (Wildman–Crippen LogP) is 2.74. The second-order valence-electron chi connectivity index (χ2n) is 5.49. The van der Waals surface area contributed by atoms with E-state index in [-0.39, 0.29) is 0 Å². The minimum Gasteiger partial charge on any atom is -0.355 e. The second-order valence-corrected chi connectivity index (χ2v) is 5.49. The number of nitriles is 1. The zero-order valence-corrected chi connectivity index (χ0v) is 13.8. The summed E-state index contributed by atoms with van der Waals surface area (Å²) in [7, 11) is 0. The summed E-state index contributed by atoms with van der Waals surface area (Å²) < 4.78 is 2.10. The lowest BCUT2D eigenvalue weighted by atomic mass is 10.1. The van der Waals surface area contributed by atoms with E-state index in [2.05, 4.69) is 39.0 Å². The van der Waals surface area contributed by atoms with Crippen LogP contribution in [0.15, 0.2) is 35.7 Å². The van der Waals surface area contributed by atoms with Crippen LogP contribution < -0.4 is 10.6 Å². The standard InChI is InChI=1S/C17H22N6/c1-13-5-6-16(9-14(13)2)22-17(21-11-18)20-7-4-8-23-12-19-10-15(23)3/h5-6,9-10,12H,4,7-8H2,1-3H3,(H2,20,21,22). The number of anilines is 1. The van der Waals surface area contributed by atoms with Gasteiger partial charge < -0.3 is 15.2 Å². The third kappa shape index (κ3) is 4.85. The Morgan fingerprint density at radius 2 is 2.13 bits per heavy atom. The minimum absolute atomic E-state index is 0.470. The van der Waals surface area contributed by atoms with Crippen molar-refractivity contribution in [3.8, 4) is 6.19 Å². The molecule has 0 aliphatic carbocycles. The van der Waals surface area contributed by atoms with E-state index in [1.165, 1.54) is 11.1 Å². The van der Waals surface area contributed by atoms with E-state index in [0.717, 1.165) is 30.9 Å². The van der Waals surface area contributed by atoms with Gasteiger partial charge in [-0.2, -0.15) is 5.26 Å². The maximum absolute atomic E-state index is 8.83. The highest BCUT2D eigenvalue weighted by molar-refractivity contribution is 5.94. The number of benzene rings is 1. The molecule has 120 valence electrons. The van der Waals surface area contributed by atoms with Gasteiger partial charge in [0.15, 0.2) is 0 Å². The van der Waals surface area contributed by atoms with E-state index < -0.39 is 0 Å². The molecule has 23 heavy (non-hydrogen) atoms. The highest BCUT2D eigenvalue weighted by Gasteiger charge is 2.02. The molecule has 1 aromatic heterocycles. The summed E-state index contributed by atoms with van der Waals surface area (Å²) in [5.41, 5.74) is 4.49. The van der Waals surface area contributed by atoms with Gasteiger partial charge in [-0.1, -0.05) is 6.07 Å². The summed E-state index contributed by atoms with van der Waals surface area (Å²) in [6.45, 7) is 7.75. The van der Waals surface area contributed by atoms with Gasteiger partial charge in [-0.3, -0.25) is 0 Å². The van der Waals surface area contributed by atoms with E-state index in [4.69, 9.17) is 5.26 Å².